The second-order valence-corrected chi connectivity index (χ2v) is 5.78. The Labute approximate surface area is 126 Å². The molecule has 0 unspecified atom stereocenters. The van der Waals surface area contributed by atoms with Gasteiger partial charge in [0.1, 0.15) is 17.7 Å². The minimum atomic E-state index is -0.294. The molecule has 2 aromatic heterocycles. The number of nitrogens with zero attached hydrogens (tertiary/aromatic N) is 4. The molecule has 2 heterocycles. The summed E-state index contributed by atoms with van der Waals surface area (Å²) in [6, 6.07) is 7.79. The number of aromatic nitrogens is 4. The lowest BCUT2D eigenvalue weighted by atomic mass is 9.85. The highest BCUT2D eigenvalue weighted by Crippen LogP contribution is 2.27. The molecule has 112 valence electrons. The molecule has 0 radical (unpaired) electrons. The summed E-state index contributed by atoms with van der Waals surface area (Å²) in [5.41, 5.74) is 1.78. The lowest BCUT2D eigenvalue weighted by molar-refractivity contribution is 0.261. The average molecular weight is 298 g/mol. The van der Waals surface area contributed by atoms with E-state index in [2.05, 4.69) is 10.2 Å². The fourth-order valence-corrected chi connectivity index (χ4v) is 2.75. The quantitative estimate of drug-likeness (QED) is 0.746. The van der Waals surface area contributed by atoms with Crippen LogP contribution in [-0.2, 0) is 6.54 Å². The van der Waals surface area contributed by atoms with Crippen molar-refractivity contribution in [3.05, 3.63) is 52.8 Å². The molecular weight excluding hydrogens is 283 g/mol. The van der Waals surface area contributed by atoms with Crippen molar-refractivity contribution in [3.8, 4) is 11.3 Å². The van der Waals surface area contributed by atoms with E-state index in [1.807, 2.05) is 0 Å². The molecule has 1 aliphatic rings. The summed E-state index contributed by atoms with van der Waals surface area (Å²) in [6.45, 7) is 0.673. The average Bonchev–Trinajstić information content (AvgIpc) is 2.90. The van der Waals surface area contributed by atoms with Crippen LogP contribution in [0.3, 0.4) is 0 Å². The molecule has 0 bridgehead atoms. The number of hydrogen-bond acceptors (Lipinski definition) is 3. The highest BCUT2D eigenvalue weighted by molar-refractivity contribution is 5.65. The first-order valence-electron chi connectivity index (χ1n) is 7.42. The number of fused-ring (bicyclic) bond motifs is 1. The third kappa shape index (κ3) is 2.20. The van der Waals surface area contributed by atoms with Crippen molar-refractivity contribution in [3.63, 3.8) is 0 Å². The van der Waals surface area contributed by atoms with Gasteiger partial charge in [-0.3, -0.25) is 4.79 Å². The van der Waals surface area contributed by atoms with Crippen LogP contribution >= 0.6 is 0 Å². The summed E-state index contributed by atoms with van der Waals surface area (Å²) in [5.74, 6) is 0.268. The van der Waals surface area contributed by atoms with Gasteiger partial charge in [0.2, 0.25) is 0 Å². The molecule has 0 N–H and O–H groups in total. The molecule has 1 fully saturated rings. The maximum atomic E-state index is 13.0. The van der Waals surface area contributed by atoms with E-state index >= 15 is 0 Å². The Balaban J connectivity index is 1.75. The Hall–Kier alpha value is -2.50. The van der Waals surface area contributed by atoms with Gasteiger partial charge in [-0.1, -0.05) is 6.42 Å². The SMILES string of the molecule is O=c1c2cc(-c3ccc(F)cc3)nn2cnn1CC1CCC1. The van der Waals surface area contributed by atoms with Crippen molar-refractivity contribution in [2.75, 3.05) is 0 Å². The van der Waals surface area contributed by atoms with Crippen LogP contribution in [-0.4, -0.2) is 19.4 Å². The molecule has 0 aliphatic heterocycles. The Morgan fingerprint density at radius 3 is 2.68 bits per heavy atom. The highest BCUT2D eigenvalue weighted by atomic mass is 19.1. The highest BCUT2D eigenvalue weighted by Gasteiger charge is 2.19. The molecule has 0 amide bonds. The molecule has 22 heavy (non-hydrogen) atoms. The van der Waals surface area contributed by atoms with E-state index in [0.29, 0.717) is 23.7 Å². The maximum Gasteiger partial charge on any atom is 0.292 e. The van der Waals surface area contributed by atoms with Gasteiger partial charge in [-0.15, -0.1) is 0 Å². The fourth-order valence-electron chi connectivity index (χ4n) is 2.75. The minimum absolute atomic E-state index is 0.129. The summed E-state index contributed by atoms with van der Waals surface area (Å²) < 4.78 is 16.0. The topological polar surface area (TPSA) is 52.2 Å². The van der Waals surface area contributed by atoms with E-state index in [4.69, 9.17) is 0 Å². The van der Waals surface area contributed by atoms with E-state index in [1.165, 1.54) is 40.6 Å². The van der Waals surface area contributed by atoms with Crippen LogP contribution < -0.4 is 5.56 Å². The summed E-state index contributed by atoms with van der Waals surface area (Å²) in [7, 11) is 0. The summed E-state index contributed by atoms with van der Waals surface area (Å²) in [4.78, 5) is 12.5. The summed E-state index contributed by atoms with van der Waals surface area (Å²) in [6.07, 6.45) is 5.13. The van der Waals surface area contributed by atoms with Crippen LogP contribution in [0.25, 0.3) is 16.8 Å². The zero-order chi connectivity index (χ0) is 15.1. The number of rotatable bonds is 3. The lowest BCUT2D eigenvalue weighted by Crippen LogP contribution is -2.30. The second kappa shape index (κ2) is 5.05. The molecule has 0 atom stereocenters. The third-order valence-electron chi connectivity index (χ3n) is 4.29. The smallest absolute Gasteiger partial charge is 0.265 e. The predicted octanol–water partition coefficient (Wildman–Crippen LogP) is 2.50. The van der Waals surface area contributed by atoms with Crippen molar-refractivity contribution >= 4 is 5.52 Å². The van der Waals surface area contributed by atoms with Gasteiger partial charge in [-0.05, 0) is 49.1 Å². The van der Waals surface area contributed by atoms with E-state index in [1.54, 1.807) is 24.5 Å². The van der Waals surface area contributed by atoms with Gasteiger partial charge in [0.05, 0.1) is 5.69 Å². The molecule has 3 aromatic rings. The Morgan fingerprint density at radius 1 is 1.23 bits per heavy atom. The van der Waals surface area contributed by atoms with Crippen LogP contribution in [0.1, 0.15) is 19.3 Å². The van der Waals surface area contributed by atoms with E-state index in [0.717, 1.165) is 5.56 Å². The van der Waals surface area contributed by atoms with Crippen molar-refractivity contribution in [2.45, 2.75) is 25.8 Å². The minimum Gasteiger partial charge on any atom is -0.265 e. The molecule has 1 aromatic carbocycles. The van der Waals surface area contributed by atoms with Gasteiger partial charge < -0.3 is 0 Å². The van der Waals surface area contributed by atoms with Gasteiger partial charge in [0.25, 0.3) is 5.56 Å². The zero-order valence-corrected chi connectivity index (χ0v) is 11.9. The second-order valence-electron chi connectivity index (χ2n) is 5.78. The molecule has 0 spiro atoms. The van der Waals surface area contributed by atoms with Gasteiger partial charge in [0.15, 0.2) is 0 Å². The van der Waals surface area contributed by atoms with Crippen molar-refractivity contribution in [2.24, 2.45) is 5.92 Å². The van der Waals surface area contributed by atoms with Crippen LogP contribution in [0.5, 0.6) is 0 Å². The van der Waals surface area contributed by atoms with Gasteiger partial charge >= 0.3 is 0 Å². The van der Waals surface area contributed by atoms with Crippen molar-refractivity contribution in [1.29, 1.82) is 0 Å². The van der Waals surface area contributed by atoms with E-state index in [9.17, 15) is 9.18 Å². The Bertz CT molecular complexity index is 877. The first kappa shape index (κ1) is 13.2. The van der Waals surface area contributed by atoms with Gasteiger partial charge in [-0.2, -0.15) is 10.2 Å². The summed E-state index contributed by atoms with van der Waals surface area (Å²) >= 11 is 0. The molecular formula is C16H15FN4O. The van der Waals surface area contributed by atoms with Crippen LogP contribution in [0, 0.1) is 11.7 Å². The van der Waals surface area contributed by atoms with Crippen LogP contribution in [0.15, 0.2) is 41.5 Å². The molecule has 1 aliphatic carbocycles. The molecule has 1 saturated carbocycles. The predicted molar refractivity (Wildman–Crippen MR) is 80.0 cm³/mol. The lowest BCUT2D eigenvalue weighted by Gasteiger charge is -2.25. The third-order valence-corrected chi connectivity index (χ3v) is 4.29. The maximum absolute atomic E-state index is 13.0. The number of halogens is 1. The molecule has 4 rings (SSSR count). The largest absolute Gasteiger partial charge is 0.292 e. The first-order chi connectivity index (χ1) is 10.7. The summed E-state index contributed by atoms with van der Waals surface area (Å²) in [5, 5.41) is 8.54. The monoisotopic (exact) mass is 298 g/mol. The van der Waals surface area contributed by atoms with Crippen LogP contribution in [0.2, 0.25) is 0 Å². The van der Waals surface area contributed by atoms with Crippen molar-refractivity contribution < 1.29 is 4.39 Å². The number of hydrogen-bond donors (Lipinski definition) is 0. The van der Waals surface area contributed by atoms with Crippen LogP contribution in [0.4, 0.5) is 4.39 Å². The Morgan fingerprint density at radius 2 is 2.00 bits per heavy atom. The van der Waals surface area contributed by atoms with Gasteiger partial charge in [-0.25, -0.2) is 13.6 Å². The fraction of sp³-hybridized carbons (Fsp3) is 0.312. The van der Waals surface area contributed by atoms with E-state index < -0.39 is 0 Å². The van der Waals surface area contributed by atoms with E-state index in [-0.39, 0.29) is 11.4 Å². The molecule has 0 saturated heterocycles. The van der Waals surface area contributed by atoms with Crippen molar-refractivity contribution in [1.82, 2.24) is 19.4 Å². The normalized spacial score (nSPS) is 15.1. The number of benzene rings is 1. The Kier molecular flexibility index (Phi) is 3.03. The molecule has 6 heteroatoms. The zero-order valence-electron chi connectivity index (χ0n) is 11.9. The first-order valence-corrected chi connectivity index (χ1v) is 7.42. The molecule has 5 nitrogen and oxygen atoms in total. The standard InChI is InChI=1S/C16H15FN4O/c17-13-6-4-12(5-7-13)14-8-15-16(22)20(9-11-2-1-3-11)18-10-21(15)19-14/h4-8,10-11H,1-3,9H2. The van der Waals surface area contributed by atoms with Gasteiger partial charge in [0, 0.05) is 12.1 Å².